The molecule has 1 aromatic carbocycles. The van der Waals surface area contributed by atoms with Crippen LogP contribution in [-0.4, -0.2) is 19.1 Å². The third-order valence-corrected chi connectivity index (χ3v) is 4.35. The zero-order valence-corrected chi connectivity index (χ0v) is 10.6. The fourth-order valence-electron chi connectivity index (χ4n) is 3.00. The van der Waals surface area contributed by atoms with E-state index in [0.717, 1.165) is 6.54 Å². The molecule has 1 aromatic rings. The number of hydrogen-bond acceptors (Lipinski definition) is 2. The average molecular weight is 230 g/mol. The molecule has 2 heteroatoms. The van der Waals surface area contributed by atoms with Crippen LogP contribution in [-0.2, 0) is 6.42 Å². The minimum atomic E-state index is 0.580. The van der Waals surface area contributed by atoms with Gasteiger partial charge in [0.2, 0.25) is 0 Å². The summed E-state index contributed by atoms with van der Waals surface area (Å²) in [6.07, 6.45) is 5.39. The maximum Gasteiger partial charge on any atom is 0.0427 e. The zero-order valence-electron chi connectivity index (χ0n) is 10.6. The minimum absolute atomic E-state index is 0.580. The molecule has 1 saturated carbocycles. The molecular formula is C15H22N2. The molecule has 1 aliphatic carbocycles. The van der Waals surface area contributed by atoms with Crippen LogP contribution in [0.25, 0.3) is 0 Å². The largest absolute Gasteiger partial charge is 0.380 e. The molecule has 92 valence electrons. The van der Waals surface area contributed by atoms with Crippen molar-refractivity contribution in [2.24, 2.45) is 5.41 Å². The van der Waals surface area contributed by atoms with Gasteiger partial charge in [0.15, 0.2) is 0 Å². The SMILES string of the molecule is CC1(CNCC2Cc3ccccc3N2)CCC1. The normalized spacial score (nSPS) is 24.9. The molecule has 0 saturated heterocycles. The van der Waals surface area contributed by atoms with Crippen molar-refractivity contribution in [1.29, 1.82) is 0 Å². The first-order valence-electron chi connectivity index (χ1n) is 6.80. The van der Waals surface area contributed by atoms with Gasteiger partial charge < -0.3 is 10.6 Å². The lowest BCUT2D eigenvalue weighted by Gasteiger charge is -2.38. The quantitative estimate of drug-likeness (QED) is 0.831. The maximum absolute atomic E-state index is 3.64. The molecule has 0 spiro atoms. The van der Waals surface area contributed by atoms with Crippen LogP contribution in [0.2, 0.25) is 0 Å². The lowest BCUT2D eigenvalue weighted by Crippen LogP contribution is -2.41. The van der Waals surface area contributed by atoms with Crippen LogP contribution in [0.5, 0.6) is 0 Å². The van der Waals surface area contributed by atoms with E-state index in [-0.39, 0.29) is 0 Å². The molecule has 0 bridgehead atoms. The van der Waals surface area contributed by atoms with Gasteiger partial charge in [-0.25, -0.2) is 0 Å². The molecule has 0 radical (unpaired) electrons. The van der Waals surface area contributed by atoms with Gasteiger partial charge in [0.1, 0.15) is 0 Å². The molecule has 17 heavy (non-hydrogen) atoms. The molecule has 2 nitrogen and oxygen atoms in total. The van der Waals surface area contributed by atoms with Crippen LogP contribution in [0.4, 0.5) is 5.69 Å². The number of nitrogens with one attached hydrogen (secondary N) is 2. The number of para-hydroxylation sites is 1. The third-order valence-electron chi connectivity index (χ3n) is 4.35. The topological polar surface area (TPSA) is 24.1 Å². The smallest absolute Gasteiger partial charge is 0.0427 e. The van der Waals surface area contributed by atoms with E-state index in [1.807, 2.05) is 0 Å². The Kier molecular flexibility index (Phi) is 2.83. The Morgan fingerprint density at radius 1 is 1.35 bits per heavy atom. The monoisotopic (exact) mass is 230 g/mol. The standard InChI is InChI=1S/C15H22N2/c1-15(7-4-8-15)11-16-10-13-9-12-5-2-3-6-14(12)17-13/h2-3,5-6,13,16-17H,4,7-11H2,1H3. The van der Waals surface area contributed by atoms with Crippen molar-refractivity contribution in [3.63, 3.8) is 0 Å². The van der Waals surface area contributed by atoms with Crippen molar-refractivity contribution in [2.75, 3.05) is 18.4 Å². The summed E-state index contributed by atoms with van der Waals surface area (Å²) in [5.41, 5.74) is 3.38. The van der Waals surface area contributed by atoms with Crippen LogP contribution in [0.3, 0.4) is 0 Å². The van der Waals surface area contributed by atoms with Gasteiger partial charge in [-0.2, -0.15) is 0 Å². The Bertz CT molecular complexity index is 371. The van der Waals surface area contributed by atoms with E-state index in [1.165, 1.54) is 43.5 Å². The third kappa shape index (κ3) is 2.32. The van der Waals surface area contributed by atoms with E-state index in [4.69, 9.17) is 0 Å². The van der Waals surface area contributed by atoms with Gasteiger partial charge in [-0.3, -0.25) is 0 Å². The minimum Gasteiger partial charge on any atom is -0.380 e. The molecule has 2 N–H and O–H groups in total. The number of anilines is 1. The van der Waals surface area contributed by atoms with Gasteiger partial charge in [0.25, 0.3) is 0 Å². The van der Waals surface area contributed by atoms with Crippen molar-refractivity contribution in [3.05, 3.63) is 29.8 Å². The number of benzene rings is 1. The van der Waals surface area contributed by atoms with E-state index >= 15 is 0 Å². The second kappa shape index (κ2) is 4.34. The van der Waals surface area contributed by atoms with E-state index in [9.17, 15) is 0 Å². The highest BCUT2D eigenvalue weighted by atomic mass is 15.0. The first kappa shape index (κ1) is 11.1. The van der Waals surface area contributed by atoms with Crippen molar-refractivity contribution in [2.45, 2.75) is 38.6 Å². The Morgan fingerprint density at radius 2 is 2.18 bits per heavy atom. The summed E-state index contributed by atoms with van der Waals surface area (Å²) in [4.78, 5) is 0. The lowest BCUT2D eigenvalue weighted by molar-refractivity contribution is 0.156. The van der Waals surface area contributed by atoms with Crippen LogP contribution in [0.1, 0.15) is 31.7 Å². The summed E-state index contributed by atoms with van der Waals surface area (Å²) in [5, 5.41) is 7.24. The molecule has 1 atom stereocenters. The average Bonchev–Trinajstić information content (AvgIpc) is 2.69. The highest BCUT2D eigenvalue weighted by Crippen LogP contribution is 2.39. The van der Waals surface area contributed by atoms with Gasteiger partial charge in [-0.05, 0) is 36.3 Å². The summed E-state index contributed by atoms with van der Waals surface area (Å²) < 4.78 is 0. The van der Waals surface area contributed by atoms with Crippen molar-refractivity contribution in [1.82, 2.24) is 5.32 Å². The first-order valence-corrected chi connectivity index (χ1v) is 6.80. The molecule has 1 unspecified atom stereocenters. The van der Waals surface area contributed by atoms with Crippen molar-refractivity contribution >= 4 is 5.69 Å². The fraction of sp³-hybridized carbons (Fsp3) is 0.600. The number of rotatable bonds is 4. The molecule has 2 aliphatic rings. The van der Waals surface area contributed by atoms with Crippen LogP contribution >= 0.6 is 0 Å². The maximum atomic E-state index is 3.64. The Morgan fingerprint density at radius 3 is 2.88 bits per heavy atom. The molecule has 1 fully saturated rings. The highest BCUT2D eigenvalue weighted by molar-refractivity contribution is 5.56. The van der Waals surface area contributed by atoms with E-state index in [1.54, 1.807) is 0 Å². The Labute approximate surface area is 104 Å². The summed E-state index contributed by atoms with van der Waals surface area (Å²) >= 11 is 0. The van der Waals surface area contributed by atoms with Gasteiger partial charge in [0, 0.05) is 24.8 Å². The van der Waals surface area contributed by atoms with Crippen molar-refractivity contribution < 1.29 is 0 Å². The predicted octanol–water partition coefficient (Wildman–Crippen LogP) is 2.80. The van der Waals surface area contributed by atoms with Crippen LogP contribution < -0.4 is 10.6 Å². The highest BCUT2D eigenvalue weighted by Gasteiger charge is 2.31. The summed E-state index contributed by atoms with van der Waals surface area (Å²) in [7, 11) is 0. The second-order valence-electron chi connectivity index (χ2n) is 6.00. The molecular weight excluding hydrogens is 208 g/mol. The lowest BCUT2D eigenvalue weighted by atomic mass is 9.70. The van der Waals surface area contributed by atoms with E-state index in [2.05, 4.69) is 41.8 Å². The molecule has 0 aromatic heterocycles. The summed E-state index contributed by atoms with van der Waals surface area (Å²) in [5.74, 6) is 0. The Hall–Kier alpha value is -1.02. The first-order chi connectivity index (χ1) is 8.25. The van der Waals surface area contributed by atoms with Gasteiger partial charge in [-0.15, -0.1) is 0 Å². The summed E-state index contributed by atoms with van der Waals surface area (Å²) in [6.45, 7) is 4.67. The fourth-order valence-corrected chi connectivity index (χ4v) is 3.00. The van der Waals surface area contributed by atoms with Gasteiger partial charge in [-0.1, -0.05) is 31.5 Å². The van der Waals surface area contributed by atoms with Crippen molar-refractivity contribution in [3.8, 4) is 0 Å². The van der Waals surface area contributed by atoms with Crippen LogP contribution in [0, 0.1) is 5.41 Å². The zero-order chi connectivity index (χ0) is 11.7. The summed E-state index contributed by atoms with van der Waals surface area (Å²) in [6, 6.07) is 9.23. The second-order valence-corrected chi connectivity index (χ2v) is 6.00. The number of hydrogen-bond donors (Lipinski definition) is 2. The van der Waals surface area contributed by atoms with Gasteiger partial charge in [0.05, 0.1) is 0 Å². The molecule has 1 heterocycles. The molecule has 3 rings (SSSR count). The van der Waals surface area contributed by atoms with E-state index in [0.29, 0.717) is 11.5 Å². The van der Waals surface area contributed by atoms with E-state index < -0.39 is 0 Å². The Balaban J connectivity index is 1.46. The molecule has 1 aliphatic heterocycles. The van der Waals surface area contributed by atoms with Crippen LogP contribution in [0.15, 0.2) is 24.3 Å². The van der Waals surface area contributed by atoms with Gasteiger partial charge >= 0.3 is 0 Å². The predicted molar refractivity (Wildman–Crippen MR) is 72.4 cm³/mol. The number of fused-ring (bicyclic) bond motifs is 1. The molecule has 0 amide bonds.